The number of nitrogens with zero attached hydrogens (tertiary/aromatic N) is 3. The lowest BCUT2D eigenvalue weighted by molar-refractivity contribution is -0.146. The molecular weight excluding hydrogens is 330 g/mol. The van der Waals surface area contributed by atoms with Crippen LogP contribution in [-0.4, -0.2) is 55.2 Å². The van der Waals surface area contributed by atoms with Crippen LogP contribution in [0.25, 0.3) is 0 Å². The van der Waals surface area contributed by atoms with Crippen LogP contribution in [0.5, 0.6) is 0 Å². The molecule has 0 N–H and O–H groups in total. The average Bonchev–Trinajstić information content (AvgIpc) is 2.87. The number of rotatable bonds is 5. The topological polar surface area (TPSA) is 60.9 Å². The van der Waals surface area contributed by atoms with Crippen molar-refractivity contribution in [1.82, 2.24) is 9.80 Å². The first kappa shape index (κ1) is 18.2. The van der Waals surface area contributed by atoms with Crippen molar-refractivity contribution in [2.75, 3.05) is 32.6 Å². The molecule has 1 heterocycles. The molecule has 2 atom stereocenters. The number of benzene rings is 1. The van der Waals surface area contributed by atoms with E-state index in [-0.39, 0.29) is 36.1 Å². The molecule has 3 rings (SSSR count). The van der Waals surface area contributed by atoms with Crippen LogP contribution in [0.3, 0.4) is 0 Å². The zero-order chi connectivity index (χ0) is 18.8. The third-order valence-corrected chi connectivity index (χ3v) is 5.19. The first-order valence-corrected chi connectivity index (χ1v) is 8.89. The Labute approximate surface area is 154 Å². The molecule has 0 aromatic heterocycles. The number of fused-ring (bicyclic) bond motifs is 1. The minimum Gasteiger partial charge on any atom is -0.378 e. The lowest BCUT2D eigenvalue weighted by Crippen LogP contribution is -2.41. The van der Waals surface area contributed by atoms with Crippen LogP contribution in [0, 0.1) is 11.8 Å². The van der Waals surface area contributed by atoms with Crippen molar-refractivity contribution >= 4 is 23.4 Å². The van der Waals surface area contributed by atoms with E-state index in [1.54, 1.807) is 11.9 Å². The Morgan fingerprint density at radius 1 is 1.00 bits per heavy atom. The van der Waals surface area contributed by atoms with Crippen molar-refractivity contribution in [3.63, 3.8) is 0 Å². The molecule has 0 radical (unpaired) electrons. The molecule has 0 unspecified atom stereocenters. The fourth-order valence-corrected chi connectivity index (χ4v) is 3.54. The molecule has 1 saturated heterocycles. The van der Waals surface area contributed by atoms with Crippen LogP contribution in [0.15, 0.2) is 36.4 Å². The number of hydrogen-bond acceptors (Lipinski definition) is 4. The van der Waals surface area contributed by atoms with Crippen molar-refractivity contribution in [3.05, 3.63) is 42.0 Å². The van der Waals surface area contributed by atoms with Gasteiger partial charge in [-0.15, -0.1) is 0 Å². The summed E-state index contributed by atoms with van der Waals surface area (Å²) >= 11 is 0. The van der Waals surface area contributed by atoms with Gasteiger partial charge in [0.1, 0.15) is 6.54 Å². The maximum atomic E-state index is 12.5. The van der Waals surface area contributed by atoms with Gasteiger partial charge in [0.05, 0.1) is 11.8 Å². The van der Waals surface area contributed by atoms with Crippen LogP contribution in [0.1, 0.15) is 18.4 Å². The largest absolute Gasteiger partial charge is 0.378 e. The van der Waals surface area contributed by atoms with E-state index in [1.807, 2.05) is 55.4 Å². The predicted molar refractivity (Wildman–Crippen MR) is 99.3 cm³/mol. The van der Waals surface area contributed by atoms with Gasteiger partial charge in [-0.25, -0.2) is 0 Å². The second-order valence-electron chi connectivity index (χ2n) is 7.23. The van der Waals surface area contributed by atoms with Gasteiger partial charge < -0.3 is 9.80 Å². The first-order valence-electron chi connectivity index (χ1n) is 8.89. The van der Waals surface area contributed by atoms with Gasteiger partial charge in [0.15, 0.2) is 0 Å². The number of anilines is 1. The fraction of sp³-hybridized carbons (Fsp3) is 0.450. The SMILES string of the molecule is CN(Cc1ccc(N(C)C)cc1)C(=O)CN1C(=O)[C@H]2CC=CC[C@H]2C1=O. The van der Waals surface area contributed by atoms with E-state index < -0.39 is 0 Å². The molecule has 138 valence electrons. The summed E-state index contributed by atoms with van der Waals surface area (Å²) in [6, 6.07) is 7.95. The van der Waals surface area contributed by atoms with Gasteiger partial charge >= 0.3 is 0 Å². The Bertz CT molecular complexity index is 713. The molecule has 1 aliphatic heterocycles. The lowest BCUT2D eigenvalue weighted by Gasteiger charge is -2.21. The van der Waals surface area contributed by atoms with Crippen molar-refractivity contribution in [2.24, 2.45) is 11.8 Å². The molecular formula is C20H25N3O3. The predicted octanol–water partition coefficient (Wildman–Crippen LogP) is 1.66. The van der Waals surface area contributed by atoms with Crippen molar-refractivity contribution in [2.45, 2.75) is 19.4 Å². The smallest absolute Gasteiger partial charge is 0.242 e. The summed E-state index contributed by atoms with van der Waals surface area (Å²) in [5.74, 6) is -1.22. The van der Waals surface area contributed by atoms with E-state index in [0.717, 1.165) is 16.2 Å². The highest BCUT2D eigenvalue weighted by Crippen LogP contribution is 2.34. The Kier molecular flexibility index (Phi) is 5.11. The molecule has 2 aliphatic rings. The molecule has 0 saturated carbocycles. The standard InChI is InChI=1S/C20H25N3O3/c1-21(2)15-10-8-14(9-11-15)12-22(3)18(24)13-23-19(25)16-6-4-5-7-17(16)20(23)26/h4-5,8-11,16-17H,6-7,12-13H2,1-3H3/t16-,17+. The average molecular weight is 355 g/mol. The zero-order valence-electron chi connectivity index (χ0n) is 15.5. The molecule has 1 aromatic rings. The van der Waals surface area contributed by atoms with Gasteiger partial charge in [0.2, 0.25) is 17.7 Å². The van der Waals surface area contributed by atoms with Gasteiger partial charge in [-0.2, -0.15) is 0 Å². The third-order valence-electron chi connectivity index (χ3n) is 5.19. The van der Waals surface area contributed by atoms with Gasteiger partial charge in [0, 0.05) is 33.4 Å². The summed E-state index contributed by atoms with van der Waals surface area (Å²) in [4.78, 5) is 42.2. The van der Waals surface area contributed by atoms with Crippen molar-refractivity contribution in [3.8, 4) is 0 Å². The highest BCUT2D eigenvalue weighted by atomic mass is 16.2. The molecule has 0 spiro atoms. The number of likely N-dealkylation sites (N-methyl/N-ethyl adjacent to an activating group) is 1. The van der Waals surface area contributed by atoms with Crippen LogP contribution >= 0.6 is 0 Å². The highest BCUT2D eigenvalue weighted by Gasteiger charge is 2.47. The number of imide groups is 1. The first-order chi connectivity index (χ1) is 12.4. The molecule has 0 bridgehead atoms. The normalized spacial score (nSPS) is 21.7. The molecule has 1 aliphatic carbocycles. The van der Waals surface area contributed by atoms with Crippen molar-refractivity contribution in [1.29, 1.82) is 0 Å². The highest BCUT2D eigenvalue weighted by molar-refractivity contribution is 6.07. The van der Waals surface area contributed by atoms with Crippen LogP contribution in [0.4, 0.5) is 5.69 Å². The number of likely N-dealkylation sites (tertiary alicyclic amines) is 1. The Balaban J connectivity index is 1.60. The molecule has 1 fully saturated rings. The number of hydrogen-bond donors (Lipinski definition) is 0. The summed E-state index contributed by atoms with van der Waals surface area (Å²) in [5.41, 5.74) is 2.09. The summed E-state index contributed by atoms with van der Waals surface area (Å²) in [6.07, 6.45) is 5.07. The zero-order valence-corrected chi connectivity index (χ0v) is 15.5. The maximum Gasteiger partial charge on any atom is 0.242 e. The molecule has 26 heavy (non-hydrogen) atoms. The lowest BCUT2D eigenvalue weighted by atomic mass is 9.85. The van der Waals surface area contributed by atoms with E-state index in [0.29, 0.717) is 19.4 Å². The third kappa shape index (κ3) is 3.49. The van der Waals surface area contributed by atoms with Crippen LogP contribution in [0.2, 0.25) is 0 Å². The number of carbonyl (C=O) groups is 3. The Morgan fingerprint density at radius 3 is 2.04 bits per heavy atom. The Morgan fingerprint density at radius 2 is 1.54 bits per heavy atom. The molecule has 3 amide bonds. The molecule has 1 aromatic carbocycles. The van der Waals surface area contributed by atoms with Gasteiger partial charge in [-0.3, -0.25) is 19.3 Å². The number of carbonyl (C=O) groups excluding carboxylic acids is 3. The minimum absolute atomic E-state index is 0.170. The molecule has 6 nitrogen and oxygen atoms in total. The second-order valence-corrected chi connectivity index (χ2v) is 7.23. The van der Waals surface area contributed by atoms with E-state index in [1.165, 1.54) is 0 Å². The monoisotopic (exact) mass is 355 g/mol. The Hall–Kier alpha value is -2.63. The van der Waals surface area contributed by atoms with Gasteiger partial charge in [0.25, 0.3) is 0 Å². The van der Waals surface area contributed by atoms with Gasteiger partial charge in [-0.05, 0) is 30.5 Å². The van der Waals surface area contributed by atoms with Crippen LogP contribution < -0.4 is 4.90 Å². The van der Waals surface area contributed by atoms with E-state index in [4.69, 9.17) is 0 Å². The van der Waals surface area contributed by atoms with Crippen molar-refractivity contribution < 1.29 is 14.4 Å². The number of allylic oxidation sites excluding steroid dienone is 2. The van der Waals surface area contributed by atoms with E-state index in [9.17, 15) is 14.4 Å². The van der Waals surface area contributed by atoms with Crippen LogP contribution in [-0.2, 0) is 20.9 Å². The quantitative estimate of drug-likeness (QED) is 0.595. The second kappa shape index (κ2) is 7.32. The van der Waals surface area contributed by atoms with E-state index >= 15 is 0 Å². The maximum absolute atomic E-state index is 12.5. The minimum atomic E-state index is -0.288. The fourth-order valence-electron chi connectivity index (χ4n) is 3.54. The summed E-state index contributed by atoms with van der Waals surface area (Å²) in [7, 11) is 5.64. The summed E-state index contributed by atoms with van der Waals surface area (Å²) in [5, 5.41) is 0. The number of amides is 3. The summed E-state index contributed by atoms with van der Waals surface area (Å²) < 4.78 is 0. The summed E-state index contributed by atoms with van der Waals surface area (Å²) in [6.45, 7) is 0.272. The van der Waals surface area contributed by atoms with E-state index in [2.05, 4.69) is 0 Å². The molecule has 6 heteroatoms. The van der Waals surface area contributed by atoms with Gasteiger partial charge in [-0.1, -0.05) is 24.3 Å².